The first-order valence-electron chi connectivity index (χ1n) is 2.72. The fourth-order valence-electron chi connectivity index (χ4n) is 0.289. The van der Waals surface area contributed by atoms with Crippen LogP contribution in [0.1, 0.15) is 0 Å². The van der Waals surface area contributed by atoms with E-state index in [9.17, 15) is 0 Å². The predicted molar refractivity (Wildman–Crippen MR) is 48.2 cm³/mol. The molecule has 0 spiro atoms. The molecule has 0 amide bonds. The molecule has 2 nitrogen and oxygen atoms in total. The lowest BCUT2D eigenvalue weighted by atomic mass is 9.28. The van der Waals surface area contributed by atoms with Gasteiger partial charge in [-0.25, -0.2) is 0 Å². The molecular weight excluding hydrogens is 135 g/mol. The molecule has 0 heterocycles. The van der Waals surface area contributed by atoms with Gasteiger partial charge < -0.3 is 0 Å². The lowest BCUT2D eigenvalue weighted by molar-refractivity contribution is -0.379. The summed E-state index contributed by atoms with van der Waals surface area (Å²) in [6, 6.07) is 0. The minimum Gasteiger partial charge on any atom is -0.283 e. The van der Waals surface area contributed by atoms with E-state index in [0.717, 1.165) is 0 Å². The normalized spacial score (nSPS) is 6.73. The Morgan fingerprint density at radius 1 is 0.818 bits per heavy atom. The van der Waals surface area contributed by atoms with Gasteiger partial charge in [-0.2, -0.15) is 31.5 Å². The maximum Gasteiger partial charge on any atom is 0.270 e. The molecule has 0 aromatic heterocycles. The minimum atomic E-state index is -1.83. The summed E-state index contributed by atoms with van der Waals surface area (Å²) in [4.78, 5) is 0. The Hall–Kier alpha value is -1.78. The van der Waals surface area contributed by atoms with E-state index >= 15 is 0 Å². The monoisotopic (exact) mass is 144 g/mol. The summed E-state index contributed by atoms with van der Waals surface area (Å²) in [6.45, 7) is 0. The van der Waals surface area contributed by atoms with Crippen molar-refractivity contribution in [3.8, 4) is 49.0 Å². The highest BCUT2D eigenvalue weighted by molar-refractivity contribution is 7.06. The summed E-state index contributed by atoms with van der Waals surface area (Å²) in [6.07, 6.45) is 18.1. The highest BCUT2D eigenvalue weighted by atomic mass is 15.0. The van der Waals surface area contributed by atoms with Crippen LogP contribution in [0.5, 0.6) is 0 Å². The zero-order chi connectivity index (χ0) is 9.33. The predicted octanol–water partition coefficient (Wildman–Crippen LogP) is -1.77. The van der Waals surface area contributed by atoms with E-state index in [4.69, 9.17) is 25.7 Å². The standard InChI is InChI=1S/C8H4B.H4N2/c1-5-9(6-2,7-3)8-4;1-2/h1-4H;1-2H2/q-1;/p+1. The number of quaternary nitrogens is 1. The van der Waals surface area contributed by atoms with Crippen LogP contribution in [0.25, 0.3) is 0 Å². The average Bonchev–Trinajstić information content (AvgIpc) is 2.13. The first-order chi connectivity index (χ1) is 5.24. The van der Waals surface area contributed by atoms with Gasteiger partial charge in [-0.3, -0.25) is 29.1 Å². The summed E-state index contributed by atoms with van der Waals surface area (Å²) in [5, 5.41) is 0. The lowest BCUT2D eigenvalue weighted by Gasteiger charge is -2.12. The lowest BCUT2D eigenvalue weighted by Crippen LogP contribution is -2.59. The van der Waals surface area contributed by atoms with Gasteiger partial charge in [0.15, 0.2) is 0 Å². The van der Waals surface area contributed by atoms with Gasteiger partial charge in [-0.05, 0) is 0 Å². The third-order valence-electron chi connectivity index (χ3n) is 1.00. The Kier molecular flexibility index (Phi) is 6.90. The van der Waals surface area contributed by atoms with Gasteiger partial charge in [-0.15, -0.1) is 0 Å². The molecule has 0 aliphatic heterocycles. The zero-order valence-corrected chi connectivity index (χ0v) is 6.17. The van der Waals surface area contributed by atoms with Gasteiger partial charge in [0.2, 0.25) is 0 Å². The molecule has 0 saturated carbocycles. The summed E-state index contributed by atoms with van der Waals surface area (Å²) in [7, 11) is 0. The van der Waals surface area contributed by atoms with Crippen LogP contribution in [0.15, 0.2) is 0 Å². The fourth-order valence-corrected chi connectivity index (χ4v) is 0.289. The Morgan fingerprint density at radius 3 is 1.00 bits per heavy atom. The molecule has 5 N–H and O–H groups in total. The molecule has 0 fully saturated rings. The van der Waals surface area contributed by atoms with Gasteiger partial charge in [0.1, 0.15) is 0 Å². The number of hydrogen-bond donors (Lipinski definition) is 2. The molecule has 0 unspecified atom stereocenters. The van der Waals surface area contributed by atoms with Crippen LogP contribution in [-0.2, 0) is 0 Å². The summed E-state index contributed by atoms with van der Waals surface area (Å²) >= 11 is 0. The van der Waals surface area contributed by atoms with Gasteiger partial charge >= 0.3 is 0 Å². The van der Waals surface area contributed by atoms with Crippen molar-refractivity contribution < 1.29 is 5.84 Å². The SMILES string of the molecule is C#C[B-](C#C)(C#C)C#C.N[NH3+]. The van der Waals surface area contributed by atoms with Crippen molar-refractivity contribution in [1.29, 1.82) is 0 Å². The third-order valence-corrected chi connectivity index (χ3v) is 1.00. The number of nitrogens with two attached hydrogens (primary N) is 1. The molecule has 0 aliphatic carbocycles. The maximum atomic E-state index is 4.99. The van der Waals surface area contributed by atoms with Crippen LogP contribution in [-0.4, -0.2) is 6.15 Å². The Labute approximate surface area is 67.6 Å². The summed E-state index contributed by atoms with van der Waals surface area (Å²) in [5.41, 5.74) is 0. The van der Waals surface area contributed by atoms with Crippen LogP contribution in [0.4, 0.5) is 0 Å². The molecule has 0 saturated heterocycles. The number of rotatable bonds is 0. The fraction of sp³-hybridized carbons (Fsp3) is 0. The smallest absolute Gasteiger partial charge is 0.270 e. The second kappa shape index (κ2) is 6.35. The molecule has 0 radical (unpaired) electrons. The molecular formula is C8H9BN2. The maximum absolute atomic E-state index is 4.99. The van der Waals surface area contributed by atoms with E-state index in [2.05, 4.69) is 35.0 Å². The first kappa shape index (κ1) is 12.0. The van der Waals surface area contributed by atoms with Crippen molar-refractivity contribution >= 4 is 6.15 Å². The second-order valence-electron chi connectivity index (χ2n) is 1.53. The molecule has 54 valence electrons. The highest BCUT2D eigenvalue weighted by Crippen LogP contribution is 1.92. The second-order valence-corrected chi connectivity index (χ2v) is 1.53. The zero-order valence-electron chi connectivity index (χ0n) is 6.17. The average molecular weight is 144 g/mol. The van der Waals surface area contributed by atoms with Crippen molar-refractivity contribution in [3.63, 3.8) is 0 Å². The highest BCUT2D eigenvalue weighted by Gasteiger charge is 2.08. The van der Waals surface area contributed by atoms with Crippen LogP contribution >= 0.6 is 0 Å². The van der Waals surface area contributed by atoms with Crippen LogP contribution in [0.3, 0.4) is 0 Å². The van der Waals surface area contributed by atoms with Crippen molar-refractivity contribution in [2.24, 2.45) is 5.84 Å². The van der Waals surface area contributed by atoms with Gasteiger partial charge in [0.25, 0.3) is 6.15 Å². The molecule has 0 aliphatic rings. The van der Waals surface area contributed by atoms with E-state index in [-0.39, 0.29) is 0 Å². The molecule has 0 atom stereocenters. The molecule has 0 bridgehead atoms. The van der Waals surface area contributed by atoms with Gasteiger partial charge in [-0.1, -0.05) is 0 Å². The van der Waals surface area contributed by atoms with Crippen molar-refractivity contribution in [1.82, 2.24) is 0 Å². The Bertz CT molecular complexity index is 205. The Balaban J connectivity index is 0. The van der Waals surface area contributed by atoms with E-state index in [1.807, 2.05) is 0 Å². The van der Waals surface area contributed by atoms with Crippen molar-refractivity contribution in [3.05, 3.63) is 0 Å². The van der Waals surface area contributed by atoms with E-state index < -0.39 is 6.15 Å². The van der Waals surface area contributed by atoms with Crippen molar-refractivity contribution in [2.45, 2.75) is 0 Å². The number of terminal acetylenes is 4. The van der Waals surface area contributed by atoms with Crippen LogP contribution in [0, 0.1) is 49.0 Å². The van der Waals surface area contributed by atoms with Crippen LogP contribution in [0.2, 0.25) is 0 Å². The van der Waals surface area contributed by atoms with E-state index in [0.29, 0.717) is 0 Å². The molecule has 0 rings (SSSR count). The minimum absolute atomic E-state index is 1.83. The third kappa shape index (κ3) is 3.05. The largest absolute Gasteiger partial charge is 0.283 e. The van der Waals surface area contributed by atoms with E-state index in [1.54, 1.807) is 0 Å². The number of hydrogen-bond acceptors (Lipinski definition) is 1. The summed E-state index contributed by atoms with van der Waals surface area (Å²) in [5.74, 6) is 15.9. The molecule has 0 aromatic carbocycles. The quantitative estimate of drug-likeness (QED) is 0.180. The summed E-state index contributed by atoms with van der Waals surface area (Å²) < 4.78 is 0. The van der Waals surface area contributed by atoms with E-state index in [1.165, 1.54) is 0 Å². The van der Waals surface area contributed by atoms with Crippen molar-refractivity contribution in [2.75, 3.05) is 0 Å². The van der Waals surface area contributed by atoms with Gasteiger partial charge in [0.05, 0.1) is 0 Å². The van der Waals surface area contributed by atoms with Crippen LogP contribution < -0.4 is 11.7 Å². The Morgan fingerprint density at radius 2 is 1.00 bits per heavy atom. The molecule has 0 aromatic rings. The first-order valence-corrected chi connectivity index (χ1v) is 2.72. The topological polar surface area (TPSA) is 53.7 Å². The van der Waals surface area contributed by atoms with Gasteiger partial charge in [0, 0.05) is 0 Å². The molecule has 11 heavy (non-hydrogen) atoms. The molecule has 3 heteroatoms.